The Morgan fingerprint density at radius 3 is 0.731 bits per heavy atom. The Bertz CT molecular complexity index is 2900. The first-order chi connectivity index (χ1) is 37.4. The van der Waals surface area contributed by atoms with Crippen LogP contribution < -0.4 is 0 Å². The third-order valence-corrected chi connectivity index (χ3v) is 14.6. The van der Waals surface area contributed by atoms with Crippen molar-refractivity contribution >= 4 is 104 Å². The smallest absolute Gasteiger partial charge is 0.164 e. The Morgan fingerprint density at radius 2 is 0.487 bits per heavy atom. The number of hydrogen-bond donors (Lipinski definition) is 0. The highest BCUT2D eigenvalue weighted by atomic mass is 35.5. The van der Waals surface area contributed by atoms with Crippen molar-refractivity contribution in [2.24, 2.45) is 0 Å². The van der Waals surface area contributed by atoms with Crippen LogP contribution in [0.1, 0.15) is 167 Å². The zero-order valence-corrected chi connectivity index (χ0v) is 50.4. The lowest BCUT2D eigenvalue weighted by Crippen LogP contribution is -2.09. The summed E-state index contributed by atoms with van der Waals surface area (Å²) in [5.74, 6) is 2.45. The third kappa shape index (κ3) is 20.6. The standard InChI is InChI=1S/3C22H24Cl2O2/c1-15-3-7-18(20(13-15)22(26)10-12-24)8-6-17-5-4-16(2)19(14-17)21(25)9-11-23;1-15-3-5-17(13-19(15)21(25)9-11-23)7-8-18-6-4-16(2)20(14-18)22(26)10-12-24;1-15-3-5-17(19(13-15)21(25)9-11-23)7-8-18-6-4-16(2)14-20(18)22(26)10-12-24/h3-5,7,13-14H,6,8-12H2,1-2H3;2*3-6,13-14H,7-12H2,1-2H3. The fourth-order valence-electron chi connectivity index (χ4n) is 9.04. The number of aryl methyl sites for hydroxylation is 12. The molecule has 0 saturated heterocycles. The first-order valence-corrected chi connectivity index (χ1v) is 29.7. The van der Waals surface area contributed by atoms with Gasteiger partial charge in [-0.15, -0.1) is 69.6 Å². The van der Waals surface area contributed by atoms with Gasteiger partial charge in [0, 0.05) is 107 Å². The summed E-state index contributed by atoms with van der Waals surface area (Å²) in [5, 5.41) is 0. The minimum atomic E-state index is 0.0704. The molecule has 0 aliphatic rings. The molecule has 6 nitrogen and oxygen atoms in total. The molecule has 0 bridgehead atoms. The predicted molar refractivity (Wildman–Crippen MR) is 327 cm³/mol. The SMILES string of the molecule is Cc1ccc(CCc2ccc(C)c(C(=O)CCCl)c2)c(C(=O)CCCl)c1.Cc1ccc(CCc2ccc(C)c(C(=O)CCCl)c2)cc1C(=O)CCCl.Cc1ccc(CCc2ccc(C)cc2C(=O)CCCl)c(C(=O)CCCl)c1. The van der Waals surface area contributed by atoms with Gasteiger partial charge in [-0.25, -0.2) is 0 Å². The van der Waals surface area contributed by atoms with Crippen LogP contribution in [0.2, 0.25) is 0 Å². The van der Waals surface area contributed by atoms with Crippen LogP contribution in [-0.2, 0) is 38.5 Å². The first kappa shape index (κ1) is 65.6. The van der Waals surface area contributed by atoms with Gasteiger partial charge in [-0.1, -0.05) is 89.5 Å². The van der Waals surface area contributed by atoms with Crippen molar-refractivity contribution in [2.75, 3.05) is 35.3 Å². The Morgan fingerprint density at radius 1 is 0.269 bits per heavy atom. The van der Waals surface area contributed by atoms with Gasteiger partial charge in [0.2, 0.25) is 0 Å². The van der Waals surface area contributed by atoms with Crippen LogP contribution in [0, 0.1) is 41.5 Å². The molecule has 12 heteroatoms. The summed E-state index contributed by atoms with van der Waals surface area (Å²) in [5.41, 5.74) is 16.9. The number of halogens is 6. The predicted octanol–water partition coefficient (Wildman–Crippen LogP) is 17.1. The van der Waals surface area contributed by atoms with Gasteiger partial charge in [0.05, 0.1) is 0 Å². The minimum absolute atomic E-state index is 0.0704. The van der Waals surface area contributed by atoms with Crippen molar-refractivity contribution in [3.05, 3.63) is 209 Å². The van der Waals surface area contributed by atoms with Crippen LogP contribution >= 0.6 is 69.6 Å². The van der Waals surface area contributed by atoms with E-state index in [-0.39, 0.29) is 34.7 Å². The summed E-state index contributed by atoms with van der Waals surface area (Å²) in [6.45, 7) is 11.8. The fourth-order valence-corrected chi connectivity index (χ4v) is 10.1. The lowest BCUT2D eigenvalue weighted by molar-refractivity contribution is 0.0979. The number of rotatable bonds is 27. The van der Waals surface area contributed by atoms with Crippen molar-refractivity contribution in [2.45, 2.75) is 119 Å². The Balaban J connectivity index is 0.000000252. The van der Waals surface area contributed by atoms with E-state index in [1.165, 1.54) is 0 Å². The Labute approximate surface area is 492 Å². The van der Waals surface area contributed by atoms with Crippen molar-refractivity contribution in [1.82, 2.24) is 0 Å². The number of Topliss-reactive ketones (excluding diaryl/α,β-unsaturated/α-hetero) is 6. The maximum Gasteiger partial charge on any atom is 0.164 e. The molecule has 0 aliphatic heterocycles. The molecular weight excluding hydrogens is 1100 g/mol. The van der Waals surface area contributed by atoms with Crippen molar-refractivity contribution in [3.8, 4) is 0 Å². The van der Waals surface area contributed by atoms with E-state index in [4.69, 9.17) is 69.6 Å². The van der Waals surface area contributed by atoms with Gasteiger partial charge in [-0.3, -0.25) is 28.8 Å². The molecule has 78 heavy (non-hydrogen) atoms. The summed E-state index contributed by atoms with van der Waals surface area (Å²) in [6.07, 6.45) is 6.63. The van der Waals surface area contributed by atoms with E-state index in [0.29, 0.717) is 86.6 Å². The molecule has 0 aromatic heterocycles. The van der Waals surface area contributed by atoms with Gasteiger partial charge in [0.1, 0.15) is 0 Å². The molecule has 0 spiro atoms. The Kier molecular flexibility index (Phi) is 28.8. The summed E-state index contributed by atoms with van der Waals surface area (Å²) >= 11 is 34.3. The molecule has 6 rings (SSSR count). The highest BCUT2D eigenvalue weighted by molar-refractivity contribution is 6.21. The topological polar surface area (TPSA) is 102 Å². The lowest BCUT2D eigenvalue weighted by atomic mass is 9.92. The molecule has 0 heterocycles. The molecule has 0 N–H and O–H groups in total. The molecule has 0 aliphatic carbocycles. The number of carbonyl (C=O) groups excluding carboxylic acids is 6. The van der Waals surface area contributed by atoms with Gasteiger partial charge < -0.3 is 0 Å². The first-order valence-electron chi connectivity index (χ1n) is 26.5. The molecule has 0 amide bonds. The van der Waals surface area contributed by atoms with Gasteiger partial charge in [-0.05, 0) is 167 Å². The van der Waals surface area contributed by atoms with Crippen LogP contribution in [0.15, 0.2) is 109 Å². The third-order valence-electron chi connectivity index (χ3n) is 13.5. The van der Waals surface area contributed by atoms with Crippen molar-refractivity contribution in [1.29, 1.82) is 0 Å². The normalized spacial score (nSPS) is 10.8. The molecule has 6 aromatic rings. The second-order valence-electron chi connectivity index (χ2n) is 19.6. The number of carbonyl (C=O) groups is 6. The number of benzene rings is 6. The second-order valence-corrected chi connectivity index (χ2v) is 21.9. The number of hydrogen-bond acceptors (Lipinski definition) is 6. The highest BCUT2D eigenvalue weighted by Crippen LogP contribution is 2.24. The summed E-state index contributed by atoms with van der Waals surface area (Å²) in [7, 11) is 0. The molecule has 414 valence electrons. The van der Waals surface area contributed by atoms with Crippen LogP contribution in [0.4, 0.5) is 0 Å². The van der Waals surface area contributed by atoms with E-state index >= 15 is 0 Å². The van der Waals surface area contributed by atoms with E-state index in [1.54, 1.807) is 0 Å². The average Bonchev–Trinajstić information content (AvgIpc) is 3.41. The molecule has 0 fully saturated rings. The van der Waals surface area contributed by atoms with Gasteiger partial charge in [-0.2, -0.15) is 0 Å². The van der Waals surface area contributed by atoms with Crippen molar-refractivity contribution < 1.29 is 28.8 Å². The van der Waals surface area contributed by atoms with Gasteiger partial charge in [0.25, 0.3) is 0 Å². The largest absolute Gasteiger partial charge is 0.294 e. The molecule has 0 saturated carbocycles. The summed E-state index contributed by atoms with van der Waals surface area (Å²) in [4.78, 5) is 73.7. The summed E-state index contributed by atoms with van der Waals surface area (Å²) in [6, 6.07) is 35.9. The highest BCUT2D eigenvalue weighted by Gasteiger charge is 2.17. The van der Waals surface area contributed by atoms with E-state index < -0.39 is 0 Å². The van der Waals surface area contributed by atoms with Crippen LogP contribution in [0.5, 0.6) is 0 Å². The number of ketones is 6. The average molecular weight is 1170 g/mol. The monoisotopic (exact) mass is 1170 g/mol. The van der Waals surface area contributed by atoms with Gasteiger partial charge in [0.15, 0.2) is 34.7 Å². The van der Waals surface area contributed by atoms with E-state index in [0.717, 1.165) is 126 Å². The zero-order valence-electron chi connectivity index (χ0n) is 45.8. The number of alkyl halides is 6. The van der Waals surface area contributed by atoms with E-state index in [2.05, 4.69) is 12.1 Å². The van der Waals surface area contributed by atoms with Crippen LogP contribution in [-0.4, -0.2) is 70.0 Å². The fraction of sp³-hybridized carbons (Fsp3) is 0.364. The quantitative estimate of drug-likeness (QED) is 0.0376. The molecule has 0 radical (unpaired) electrons. The molecule has 6 aromatic carbocycles. The molecule has 0 unspecified atom stereocenters. The lowest BCUT2D eigenvalue weighted by Gasteiger charge is -2.12. The van der Waals surface area contributed by atoms with Crippen LogP contribution in [0.25, 0.3) is 0 Å². The maximum absolute atomic E-state index is 12.4. The van der Waals surface area contributed by atoms with Gasteiger partial charge >= 0.3 is 0 Å². The molecule has 0 atom stereocenters. The second kappa shape index (κ2) is 34.3. The zero-order chi connectivity index (χ0) is 57.3. The van der Waals surface area contributed by atoms with E-state index in [9.17, 15) is 28.8 Å². The minimum Gasteiger partial charge on any atom is -0.294 e. The van der Waals surface area contributed by atoms with Crippen LogP contribution in [0.3, 0.4) is 0 Å². The maximum atomic E-state index is 12.4. The van der Waals surface area contributed by atoms with E-state index in [1.807, 2.05) is 139 Å². The van der Waals surface area contributed by atoms with Crippen molar-refractivity contribution in [3.63, 3.8) is 0 Å². The summed E-state index contributed by atoms with van der Waals surface area (Å²) < 4.78 is 0. The Hall–Kier alpha value is -4.92. The molecular formula is C66H72Cl6O6.